The van der Waals surface area contributed by atoms with Gasteiger partial charge in [-0.1, -0.05) is 39.8 Å². The van der Waals surface area contributed by atoms with Crippen molar-refractivity contribution in [2.24, 2.45) is 0 Å². The first kappa shape index (κ1) is 14.3. The minimum atomic E-state index is -0.601. The Morgan fingerprint density at radius 3 is 2.30 bits per heavy atom. The number of hydrogen-bond donors (Lipinski definition) is 2. The fourth-order valence-electron chi connectivity index (χ4n) is 2.24. The van der Waals surface area contributed by atoms with Gasteiger partial charge in [-0.25, -0.2) is 0 Å². The predicted molar refractivity (Wildman–Crippen MR) is 83.6 cm³/mol. The lowest BCUT2D eigenvalue weighted by Crippen LogP contribution is -2.36. The molecule has 0 amide bonds. The molecule has 4 nitrogen and oxygen atoms in total. The van der Waals surface area contributed by atoms with Crippen LogP contribution in [0.25, 0.3) is 0 Å². The van der Waals surface area contributed by atoms with Gasteiger partial charge in [0.25, 0.3) is 10.9 Å². The van der Waals surface area contributed by atoms with Gasteiger partial charge >= 0.3 is 0 Å². The monoisotopic (exact) mass is 272 g/mol. The zero-order chi connectivity index (χ0) is 15.1. The first-order valence-corrected chi connectivity index (χ1v) is 6.75. The van der Waals surface area contributed by atoms with Crippen LogP contribution in [-0.4, -0.2) is 0 Å². The lowest BCUT2D eigenvalue weighted by Gasteiger charge is -2.24. The van der Waals surface area contributed by atoms with Crippen molar-refractivity contribution in [1.82, 2.24) is 0 Å². The number of nitrogen functional groups attached to an aromatic ring is 1. The largest absolute Gasteiger partial charge is 0.394 e. The lowest BCUT2D eigenvalue weighted by atomic mass is 9.85. The summed E-state index contributed by atoms with van der Waals surface area (Å²) in [5.74, 6) is 0. The Hall–Kier alpha value is -2.10. The van der Waals surface area contributed by atoms with E-state index >= 15 is 0 Å². The van der Waals surface area contributed by atoms with E-state index in [1.54, 1.807) is 0 Å². The van der Waals surface area contributed by atoms with Crippen LogP contribution in [0.5, 0.6) is 0 Å². The third-order valence-electron chi connectivity index (χ3n) is 3.51. The number of nitrogens with two attached hydrogens (primary N) is 1. The summed E-state index contributed by atoms with van der Waals surface area (Å²) in [5, 5.41) is 3.04. The molecule has 0 aliphatic heterocycles. The highest BCUT2D eigenvalue weighted by molar-refractivity contribution is 5.78. The normalized spacial score (nSPS) is 11.8. The number of aryl methyl sites for hydroxylation is 1. The highest BCUT2D eigenvalue weighted by Crippen LogP contribution is 2.32. The van der Waals surface area contributed by atoms with Gasteiger partial charge in [0.05, 0.1) is 0 Å². The van der Waals surface area contributed by atoms with E-state index in [0.29, 0.717) is 0 Å². The minimum Gasteiger partial charge on any atom is -0.394 e. The summed E-state index contributed by atoms with van der Waals surface area (Å²) in [6.45, 7) is 8.38. The number of nitrogens with one attached hydrogen (secondary N) is 1. The maximum atomic E-state index is 11.5. The number of rotatable bonds is 3. The van der Waals surface area contributed by atoms with Crippen LogP contribution in [0.15, 0.2) is 27.8 Å². The van der Waals surface area contributed by atoms with E-state index in [1.807, 2.05) is 6.07 Å². The van der Waals surface area contributed by atoms with Gasteiger partial charge in [0.2, 0.25) is 0 Å². The van der Waals surface area contributed by atoms with E-state index < -0.39 is 10.9 Å². The van der Waals surface area contributed by atoms with Gasteiger partial charge in [-0.15, -0.1) is 0 Å². The summed E-state index contributed by atoms with van der Waals surface area (Å²) >= 11 is 0. The van der Waals surface area contributed by atoms with Gasteiger partial charge in [0.1, 0.15) is 11.4 Å². The minimum absolute atomic E-state index is 0.0248. The van der Waals surface area contributed by atoms with Crippen molar-refractivity contribution in [1.29, 1.82) is 0 Å². The number of anilines is 3. The van der Waals surface area contributed by atoms with Gasteiger partial charge in [-0.3, -0.25) is 9.59 Å². The summed E-state index contributed by atoms with van der Waals surface area (Å²) in [4.78, 5) is 22.7. The second-order valence-electron chi connectivity index (χ2n) is 6.06. The van der Waals surface area contributed by atoms with Crippen LogP contribution in [0.2, 0.25) is 0 Å². The Balaban J connectivity index is 2.49. The van der Waals surface area contributed by atoms with Crippen LogP contribution in [-0.2, 0) is 11.8 Å². The molecule has 0 heterocycles. The fraction of sp³-hybridized carbons (Fsp3) is 0.375. The SMILES string of the molecule is CCc1ccc(C(C)(C)C)c(Nc2c(N)c(=O)c2=O)c1. The van der Waals surface area contributed by atoms with Gasteiger partial charge in [0, 0.05) is 5.69 Å². The Kier molecular flexibility index (Phi) is 3.42. The number of benzene rings is 1. The molecule has 2 rings (SSSR count). The van der Waals surface area contributed by atoms with Crippen LogP contribution in [0.3, 0.4) is 0 Å². The second-order valence-corrected chi connectivity index (χ2v) is 6.06. The van der Waals surface area contributed by atoms with Crippen molar-refractivity contribution >= 4 is 17.1 Å². The zero-order valence-corrected chi connectivity index (χ0v) is 12.3. The van der Waals surface area contributed by atoms with Crippen LogP contribution >= 0.6 is 0 Å². The summed E-state index contributed by atoms with van der Waals surface area (Å²) in [5.41, 5.74) is 7.71. The molecule has 4 heteroatoms. The van der Waals surface area contributed by atoms with E-state index in [9.17, 15) is 9.59 Å². The van der Waals surface area contributed by atoms with Crippen molar-refractivity contribution < 1.29 is 0 Å². The van der Waals surface area contributed by atoms with Gasteiger partial charge in [-0.2, -0.15) is 0 Å². The Morgan fingerprint density at radius 1 is 1.15 bits per heavy atom. The van der Waals surface area contributed by atoms with Crippen molar-refractivity contribution in [2.75, 3.05) is 11.1 Å². The average molecular weight is 272 g/mol. The number of hydrogen-bond acceptors (Lipinski definition) is 4. The van der Waals surface area contributed by atoms with Crippen molar-refractivity contribution in [3.8, 4) is 0 Å². The first-order chi connectivity index (χ1) is 9.25. The average Bonchev–Trinajstić information content (AvgIpc) is 2.42. The zero-order valence-electron chi connectivity index (χ0n) is 12.3. The third-order valence-corrected chi connectivity index (χ3v) is 3.51. The molecule has 0 atom stereocenters. The molecule has 0 aliphatic carbocycles. The van der Waals surface area contributed by atoms with Gasteiger partial charge in [-0.05, 0) is 29.0 Å². The summed E-state index contributed by atoms with van der Waals surface area (Å²) < 4.78 is 0. The van der Waals surface area contributed by atoms with Gasteiger partial charge in [0.15, 0.2) is 0 Å². The lowest BCUT2D eigenvalue weighted by molar-refractivity contribution is 0.592. The molecule has 0 radical (unpaired) electrons. The molecule has 106 valence electrons. The van der Waals surface area contributed by atoms with Crippen LogP contribution in [0.1, 0.15) is 38.8 Å². The van der Waals surface area contributed by atoms with Crippen LogP contribution in [0, 0.1) is 0 Å². The van der Waals surface area contributed by atoms with Crippen molar-refractivity contribution in [3.05, 3.63) is 49.8 Å². The highest BCUT2D eigenvalue weighted by atomic mass is 16.2. The Bertz CT molecular complexity index is 717. The Morgan fingerprint density at radius 2 is 1.80 bits per heavy atom. The maximum absolute atomic E-state index is 11.5. The molecule has 0 saturated carbocycles. The maximum Gasteiger partial charge on any atom is 0.253 e. The molecule has 2 aromatic rings. The molecular weight excluding hydrogens is 252 g/mol. The molecule has 0 bridgehead atoms. The summed E-state index contributed by atoms with van der Waals surface area (Å²) in [7, 11) is 0. The van der Waals surface area contributed by atoms with Gasteiger partial charge < -0.3 is 11.1 Å². The highest BCUT2D eigenvalue weighted by Gasteiger charge is 2.22. The molecule has 3 N–H and O–H groups in total. The molecule has 20 heavy (non-hydrogen) atoms. The molecular formula is C16H20N2O2. The van der Waals surface area contributed by atoms with E-state index in [0.717, 1.165) is 23.2 Å². The smallest absolute Gasteiger partial charge is 0.253 e. The van der Waals surface area contributed by atoms with E-state index in [1.165, 1.54) is 0 Å². The van der Waals surface area contributed by atoms with Crippen molar-refractivity contribution in [2.45, 2.75) is 39.5 Å². The molecule has 0 spiro atoms. The molecule has 0 aromatic heterocycles. The van der Waals surface area contributed by atoms with Crippen molar-refractivity contribution in [3.63, 3.8) is 0 Å². The first-order valence-electron chi connectivity index (χ1n) is 6.75. The fourth-order valence-corrected chi connectivity index (χ4v) is 2.24. The van der Waals surface area contributed by atoms with E-state index in [-0.39, 0.29) is 16.8 Å². The Labute approximate surface area is 118 Å². The predicted octanol–water partition coefficient (Wildman–Crippen LogP) is 2.47. The van der Waals surface area contributed by atoms with Crippen LogP contribution in [0.4, 0.5) is 17.1 Å². The van der Waals surface area contributed by atoms with Crippen LogP contribution < -0.4 is 21.9 Å². The quantitative estimate of drug-likeness (QED) is 0.842. The molecule has 0 saturated heterocycles. The molecule has 2 aromatic carbocycles. The molecule has 0 unspecified atom stereocenters. The third kappa shape index (κ3) is 2.33. The topological polar surface area (TPSA) is 72.2 Å². The molecule has 0 fully saturated rings. The molecule has 0 aliphatic rings. The summed E-state index contributed by atoms with van der Waals surface area (Å²) in [6.07, 6.45) is 0.903. The summed E-state index contributed by atoms with van der Waals surface area (Å²) in [6, 6.07) is 6.15. The van der Waals surface area contributed by atoms with E-state index in [4.69, 9.17) is 5.73 Å². The second kappa shape index (κ2) is 4.78. The standard InChI is InChI=1S/C16H20N2O2/c1-5-9-6-7-10(16(2,3)4)11(8-9)18-13-12(17)14(19)15(13)20/h6-8,18H,5,17H2,1-4H3. The van der Waals surface area contributed by atoms with E-state index in [2.05, 4.69) is 45.1 Å².